The smallest absolute Gasteiger partial charge is 0.214 e. The first-order valence-electron chi connectivity index (χ1n) is 20.8. The molecule has 6 N–H and O–H groups in total. The Morgan fingerprint density at radius 1 is 0.358 bits per heavy atom. The molecule has 0 amide bonds. The van der Waals surface area contributed by atoms with Gasteiger partial charge in [-0.2, -0.15) is 0 Å². The van der Waals surface area contributed by atoms with Gasteiger partial charge in [0.05, 0.1) is 0 Å². The molecule has 0 spiro atoms. The Labute approximate surface area is 407 Å². The van der Waals surface area contributed by atoms with Crippen LogP contribution < -0.4 is 18.9 Å². The zero-order valence-corrected chi connectivity index (χ0v) is 41.2. The lowest BCUT2D eigenvalue weighted by Gasteiger charge is -2.63. The van der Waals surface area contributed by atoms with Crippen molar-refractivity contribution in [3.8, 4) is 23.0 Å². The van der Waals surface area contributed by atoms with Crippen molar-refractivity contribution in [2.75, 3.05) is 0 Å². The molecule has 0 unspecified atom stereocenters. The summed E-state index contributed by atoms with van der Waals surface area (Å²) in [6.07, 6.45) is 0. The predicted octanol–water partition coefficient (Wildman–Crippen LogP) is 6.75. The van der Waals surface area contributed by atoms with Gasteiger partial charge in [0, 0.05) is 25.5 Å². The van der Waals surface area contributed by atoms with Gasteiger partial charge in [-0.05, 0) is 152 Å². The van der Waals surface area contributed by atoms with Crippen LogP contribution >= 0.6 is 46.4 Å². The third-order valence-electron chi connectivity index (χ3n) is 13.1. The highest BCUT2D eigenvalue weighted by atomic mass is 35.5. The lowest BCUT2D eigenvalue weighted by Crippen LogP contribution is -2.97. The number of fused-ring (bicyclic) bond motifs is 1. The van der Waals surface area contributed by atoms with Gasteiger partial charge in [0.1, 0.15) is 34.2 Å². The van der Waals surface area contributed by atoms with E-state index in [1.165, 1.54) is 97.1 Å². The lowest BCUT2D eigenvalue weighted by atomic mass is 9.46. The van der Waals surface area contributed by atoms with Crippen LogP contribution in [0.3, 0.4) is 0 Å². The first kappa shape index (κ1) is 52.1. The standard InChI is InChI=1S/C49H52Cl4O14/c1-39(2,64-31-19-11-27(50)12-20-31)35(54)44(58)45(59,36(55)40(3,4)65-32-21-13-28(51)14-22-32)47(61,38(57)42(7,8)67-34-25-17-30(53)18-26-34)49(63)43(9,10)48(49,62)46(44,60)37(56)41(5,6)66-33-23-15-29(52)16-24-33/h11-26,58-63H,1-10H3/t44-,45-,46+,47+,48-,49+/m1/s1. The van der Waals surface area contributed by atoms with Crippen LogP contribution in [0.1, 0.15) is 69.2 Å². The van der Waals surface area contributed by atoms with Crippen molar-refractivity contribution < 1.29 is 68.8 Å². The fraction of sp³-hybridized carbons (Fsp3) is 0.429. The van der Waals surface area contributed by atoms with E-state index in [1.807, 2.05) is 0 Å². The fourth-order valence-corrected chi connectivity index (χ4v) is 10.2. The maximum atomic E-state index is 16.0. The zero-order valence-electron chi connectivity index (χ0n) is 38.2. The second kappa shape index (κ2) is 16.4. The van der Waals surface area contributed by atoms with Gasteiger partial charge in [-0.15, -0.1) is 0 Å². The maximum absolute atomic E-state index is 16.0. The maximum Gasteiger partial charge on any atom is 0.214 e. The van der Waals surface area contributed by atoms with Gasteiger partial charge in [0.2, 0.25) is 34.3 Å². The molecular formula is C49H52Cl4O14. The minimum absolute atomic E-state index is 0.0858. The average Bonchev–Trinajstić information content (AvgIpc) is 3.64. The number of carbonyl (C=O) groups is 4. The quantitative estimate of drug-likeness (QED) is 0.0683. The number of aliphatic hydroxyl groups is 6. The second-order valence-electron chi connectivity index (χ2n) is 19.5. The summed E-state index contributed by atoms with van der Waals surface area (Å²) in [7, 11) is 0. The van der Waals surface area contributed by atoms with Crippen molar-refractivity contribution in [3.05, 3.63) is 117 Å². The van der Waals surface area contributed by atoms with Crippen molar-refractivity contribution in [2.45, 2.75) is 125 Å². The molecule has 2 fully saturated rings. The minimum atomic E-state index is -4.69. The monoisotopic (exact) mass is 1000 g/mol. The molecule has 4 aromatic rings. The Balaban J connectivity index is 1.75. The molecule has 0 aliphatic heterocycles. The number of Topliss-reactive ketones (excluding diaryl/α,β-unsaturated/α-hetero) is 4. The zero-order chi connectivity index (χ0) is 50.6. The van der Waals surface area contributed by atoms with E-state index in [2.05, 4.69) is 0 Å². The molecule has 6 atom stereocenters. The molecule has 0 radical (unpaired) electrons. The first-order chi connectivity index (χ1) is 30.5. The van der Waals surface area contributed by atoms with Crippen LogP contribution in [0.15, 0.2) is 97.1 Å². The van der Waals surface area contributed by atoms with Crippen LogP contribution in [0.4, 0.5) is 0 Å². The van der Waals surface area contributed by atoms with Crippen LogP contribution in [0.25, 0.3) is 0 Å². The summed E-state index contributed by atoms with van der Waals surface area (Å²) in [6.45, 7) is 10.2. The highest BCUT2D eigenvalue weighted by Gasteiger charge is 3.09. The summed E-state index contributed by atoms with van der Waals surface area (Å²) >= 11 is 24.4. The summed E-state index contributed by atoms with van der Waals surface area (Å²) in [6, 6.07) is 21.5. The van der Waals surface area contributed by atoms with E-state index in [-0.39, 0.29) is 43.1 Å². The minimum Gasteiger partial charge on any atom is -0.480 e. The number of hydrogen-bond donors (Lipinski definition) is 6. The molecule has 2 aliphatic rings. The van der Waals surface area contributed by atoms with Gasteiger partial charge < -0.3 is 49.6 Å². The Morgan fingerprint density at radius 2 is 0.522 bits per heavy atom. The Kier molecular flexibility index (Phi) is 12.7. The normalized spacial score (nSPS) is 28.1. The van der Waals surface area contributed by atoms with Crippen LogP contribution in [-0.4, -0.2) is 110 Å². The van der Waals surface area contributed by atoms with Crippen LogP contribution in [-0.2, 0) is 19.2 Å². The number of halogens is 4. The molecule has 18 heteroatoms. The lowest BCUT2D eigenvalue weighted by molar-refractivity contribution is -0.344. The first-order valence-corrected chi connectivity index (χ1v) is 22.3. The Morgan fingerprint density at radius 3 is 0.701 bits per heavy atom. The van der Waals surface area contributed by atoms with E-state index in [9.17, 15) is 30.6 Å². The van der Waals surface area contributed by atoms with E-state index < -0.39 is 84.6 Å². The summed E-state index contributed by atoms with van der Waals surface area (Å²) < 4.78 is 24.2. The molecular weight excluding hydrogens is 954 g/mol. The van der Waals surface area contributed by atoms with Crippen LogP contribution in [0, 0.1) is 5.41 Å². The molecule has 14 nitrogen and oxygen atoms in total. The molecule has 4 aromatic carbocycles. The molecule has 6 rings (SSSR count). The highest BCUT2D eigenvalue weighted by molar-refractivity contribution is 6.31. The molecule has 360 valence electrons. The Hall–Kier alpha value is -4.32. The molecule has 0 aromatic heterocycles. The third kappa shape index (κ3) is 7.28. The van der Waals surface area contributed by atoms with Gasteiger partial charge in [0.15, 0.2) is 33.6 Å². The van der Waals surface area contributed by atoms with E-state index in [0.717, 1.165) is 69.2 Å². The number of ketones is 4. The number of benzene rings is 4. The van der Waals surface area contributed by atoms with Gasteiger partial charge in [-0.25, -0.2) is 0 Å². The van der Waals surface area contributed by atoms with Crippen molar-refractivity contribution in [2.24, 2.45) is 5.41 Å². The topological polar surface area (TPSA) is 227 Å². The largest absolute Gasteiger partial charge is 0.480 e. The molecule has 0 saturated heterocycles. The van der Waals surface area contributed by atoms with E-state index >= 15 is 19.2 Å². The van der Waals surface area contributed by atoms with E-state index in [1.54, 1.807) is 0 Å². The molecule has 2 aliphatic carbocycles. The number of ether oxygens (including phenoxy) is 4. The predicted molar refractivity (Wildman–Crippen MR) is 248 cm³/mol. The van der Waals surface area contributed by atoms with Gasteiger partial charge in [-0.3, -0.25) is 19.2 Å². The molecule has 67 heavy (non-hydrogen) atoms. The molecule has 0 bridgehead atoms. The number of carbonyl (C=O) groups excluding carboxylic acids is 4. The summed E-state index contributed by atoms with van der Waals surface area (Å²) in [5, 5.41) is 83.1. The van der Waals surface area contributed by atoms with Crippen LogP contribution in [0.2, 0.25) is 20.1 Å². The van der Waals surface area contributed by atoms with Crippen molar-refractivity contribution in [1.29, 1.82) is 0 Å². The SMILES string of the molecule is CC(C)(Oc1ccc(Cl)cc1)C(=O)[C@@]1(O)[C@](O)(C(=O)C(C)(C)Oc2ccc(Cl)cc2)[C@@](O)(C(=O)C(C)(C)Oc2ccc(Cl)cc2)[C@@]2(O)C(C)(C)[C@@]2(O)[C@]1(O)C(=O)C(C)(C)Oc1ccc(Cl)cc1. The summed E-state index contributed by atoms with van der Waals surface area (Å²) in [5.41, 5.74) is -38.7. The van der Waals surface area contributed by atoms with Gasteiger partial charge in [-0.1, -0.05) is 60.3 Å². The van der Waals surface area contributed by atoms with Gasteiger partial charge in [0.25, 0.3) is 0 Å². The number of hydrogen-bond acceptors (Lipinski definition) is 14. The molecule has 2 saturated carbocycles. The summed E-state index contributed by atoms with van der Waals surface area (Å²) in [4.78, 5) is 63.5. The van der Waals surface area contributed by atoms with Crippen molar-refractivity contribution >= 4 is 69.5 Å². The summed E-state index contributed by atoms with van der Waals surface area (Å²) in [5.74, 6) is -8.07. The molecule has 0 heterocycles. The second-order valence-corrected chi connectivity index (χ2v) is 21.2. The van der Waals surface area contributed by atoms with E-state index in [4.69, 9.17) is 65.4 Å². The fourth-order valence-electron chi connectivity index (χ4n) is 9.74. The van der Waals surface area contributed by atoms with Gasteiger partial charge >= 0.3 is 0 Å². The van der Waals surface area contributed by atoms with Crippen molar-refractivity contribution in [3.63, 3.8) is 0 Å². The van der Waals surface area contributed by atoms with Crippen LogP contribution in [0.5, 0.6) is 23.0 Å². The number of rotatable bonds is 16. The third-order valence-corrected chi connectivity index (χ3v) is 14.1. The van der Waals surface area contributed by atoms with E-state index in [0.29, 0.717) is 0 Å². The van der Waals surface area contributed by atoms with Crippen molar-refractivity contribution in [1.82, 2.24) is 0 Å². The Bertz CT molecular complexity index is 2440. The average molecular weight is 1010 g/mol. The highest BCUT2D eigenvalue weighted by Crippen LogP contribution is 2.81.